The maximum Gasteiger partial charge on any atom is 0.144 e. The summed E-state index contributed by atoms with van der Waals surface area (Å²) in [7, 11) is 0. The van der Waals surface area contributed by atoms with Crippen LogP contribution in [-0.2, 0) is 0 Å². The van der Waals surface area contributed by atoms with E-state index in [2.05, 4.69) is 54.2 Å². The van der Waals surface area contributed by atoms with E-state index >= 15 is 0 Å². The van der Waals surface area contributed by atoms with Gasteiger partial charge >= 0.3 is 0 Å². The zero-order valence-electron chi connectivity index (χ0n) is 20.1. The fourth-order valence-electron chi connectivity index (χ4n) is 4.05. The molecule has 2 N–H and O–H groups in total. The fraction of sp³-hybridized carbons (Fsp3) is 0.536. The quantitative estimate of drug-likeness (QED) is 0.255. The van der Waals surface area contributed by atoms with Crippen LogP contribution in [0.15, 0.2) is 47.2 Å². The van der Waals surface area contributed by atoms with Gasteiger partial charge in [0, 0.05) is 18.0 Å². The number of aromatic amines is 2. The molecule has 1 aliphatic rings. The predicted molar refractivity (Wildman–Crippen MR) is 137 cm³/mol. The van der Waals surface area contributed by atoms with E-state index in [1.807, 2.05) is 12.3 Å². The number of unbranched alkanes of at least 4 members (excludes halogenated alkanes) is 9. The highest BCUT2D eigenvalue weighted by Gasteiger charge is 2.12. The van der Waals surface area contributed by atoms with Gasteiger partial charge < -0.3 is 14.7 Å². The average Bonchev–Trinajstić information content (AvgIpc) is 3.55. The minimum Gasteiger partial charge on any atom is -0.491 e. The standard InChI is InChI=1S/C28H41N3O/c1-3-5-7-8-9-10-11-12-13-15-23-17-18-24(30-23)21-27-28(32-20-6-4-2)22-26(31-27)25-16-14-19-29-25/h14,16-19,21-22,29,31H,3-13,15,20H2,1-2H3/b24-21+. The predicted octanol–water partition coefficient (Wildman–Crippen LogP) is 8.46. The molecule has 0 atom stereocenters. The normalized spacial score (nSPS) is 14.4. The molecule has 0 spiro atoms. The lowest BCUT2D eigenvalue weighted by atomic mass is 10.1. The fourth-order valence-corrected chi connectivity index (χ4v) is 4.05. The number of nitrogens with one attached hydrogen (secondary N) is 2. The Morgan fingerprint density at radius 1 is 0.875 bits per heavy atom. The molecule has 0 aliphatic carbocycles. The van der Waals surface area contributed by atoms with Crippen molar-refractivity contribution in [1.29, 1.82) is 0 Å². The molecule has 3 heterocycles. The summed E-state index contributed by atoms with van der Waals surface area (Å²) in [6.45, 7) is 5.19. The SMILES string of the molecule is CCCCCCCCCCCC1=N/C(=C/c2[nH]c(-c3ccc[nH]3)cc2OCCCC)C=C1. The Bertz CT molecular complexity index is 871. The summed E-state index contributed by atoms with van der Waals surface area (Å²) in [5.74, 6) is 0.895. The van der Waals surface area contributed by atoms with E-state index in [0.717, 1.165) is 54.4 Å². The largest absolute Gasteiger partial charge is 0.491 e. The monoisotopic (exact) mass is 435 g/mol. The van der Waals surface area contributed by atoms with Gasteiger partial charge in [-0.2, -0.15) is 0 Å². The van der Waals surface area contributed by atoms with Crippen LogP contribution in [0.5, 0.6) is 5.75 Å². The van der Waals surface area contributed by atoms with E-state index in [1.54, 1.807) is 0 Å². The number of ether oxygens (including phenoxy) is 1. The molecule has 2 aromatic heterocycles. The van der Waals surface area contributed by atoms with Gasteiger partial charge in [-0.15, -0.1) is 0 Å². The van der Waals surface area contributed by atoms with Crippen molar-refractivity contribution in [3.63, 3.8) is 0 Å². The van der Waals surface area contributed by atoms with Crippen LogP contribution in [0.25, 0.3) is 17.5 Å². The van der Waals surface area contributed by atoms with Crippen molar-refractivity contribution in [1.82, 2.24) is 9.97 Å². The second-order valence-corrected chi connectivity index (χ2v) is 8.83. The van der Waals surface area contributed by atoms with Crippen LogP contribution < -0.4 is 4.74 Å². The van der Waals surface area contributed by atoms with Gasteiger partial charge in [-0.1, -0.05) is 71.6 Å². The van der Waals surface area contributed by atoms with Crippen molar-refractivity contribution in [2.24, 2.45) is 4.99 Å². The number of hydrogen-bond acceptors (Lipinski definition) is 2. The van der Waals surface area contributed by atoms with Gasteiger partial charge in [0.15, 0.2) is 0 Å². The first-order valence-electron chi connectivity index (χ1n) is 12.8. The first-order chi connectivity index (χ1) is 15.8. The molecular formula is C28H41N3O. The van der Waals surface area contributed by atoms with Crippen LogP contribution in [0.1, 0.15) is 96.6 Å². The number of nitrogens with zero attached hydrogens (tertiary/aromatic N) is 1. The summed E-state index contributed by atoms with van der Waals surface area (Å²) in [5.41, 5.74) is 5.28. The van der Waals surface area contributed by atoms with E-state index in [9.17, 15) is 0 Å². The lowest BCUT2D eigenvalue weighted by Gasteiger charge is -2.04. The maximum absolute atomic E-state index is 6.06. The third kappa shape index (κ3) is 7.89. The van der Waals surface area contributed by atoms with E-state index in [-0.39, 0.29) is 0 Å². The van der Waals surface area contributed by atoms with E-state index in [0.29, 0.717) is 0 Å². The topological polar surface area (TPSA) is 53.2 Å². The number of aliphatic imine (C=N–C) groups is 1. The summed E-state index contributed by atoms with van der Waals surface area (Å²) in [4.78, 5) is 11.6. The first kappa shape index (κ1) is 24.2. The third-order valence-corrected chi connectivity index (χ3v) is 6.00. The number of aromatic nitrogens is 2. The molecule has 0 saturated heterocycles. The molecule has 0 radical (unpaired) electrons. The first-order valence-corrected chi connectivity index (χ1v) is 12.8. The summed E-state index contributed by atoms with van der Waals surface area (Å²) < 4.78 is 6.06. The Kier molecular flexibility index (Phi) is 10.4. The van der Waals surface area contributed by atoms with Crippen molar-refractivity contribution >= 4 is 11.8 Å². The molecule has 32 heavy (non-hydrogen) atoms. The third-order valence-electron chi connectivity index (χ3n) is 6.00. The van der Waals surface area contributed by atoms with Gasteiger partial charge in [0.2, 0.25) is 0 Å². The molecule has 0 fully saturated rings. The van der Waals surface area contributed by atoms with Crippen LogP contribution in [-0.4, -0.2) is 22.3 Å². The highest BCUT2D eigenvalue weighted by atomic mass is 16.5. The minimum atomic E-state index is 0.734. The van der Waals surface area contributed by atoms with Crippen molar-refractivity contribution in [2.75, 3.05) is 6.61 Å². The van der Waals surface area contributed by atoms with Gasteiger partial charge in [-0.05, 0) is 49.6 Å². The van der Waals surface area contributed by atoms with Crippen molar-refractivity contribution in [3.05, 3.63) is 47.9 Å². The zero-order valence-corrected chi connectivity index (χ0v) is 20.1. The molecule has 0 bridgehead atoms. The highest BCUT2D eigenvalue weighted by molar-refractivity contribution is 5.99. The van der Waals surface area contributed by atoms with Gasteiger partial charge in [0.25, 0.3) is 0 Å². The molecule has 4 heteroatoms. The summed E-state index contributed by atoms with van der Waals surface area (Å²) >= 11 is 0. The van der Waals surface area contributed by atoms with Gasteiger partial charge in [0.1, 0.15) is 5.75 Å². The van der Waals surface area contributed by atoms with Gasteiger partial charge in [-0.25, -0.2) is 0 Å². The maximum atomic E-state index is 6.06. The number of H-pyrrole nitrogens is 2. The average molecular weight is 436 g/mol. The molecule has 0 saturated carbocycles. The van der Waals surface area contributed by atoms with E-state index < -0.39 is 0 Å². The number of allylic oxidation sites excluding steroid dienone is 2. The molecule has 174 valence electrons. The Labute approximate surface area is 194 Å². The zero-order chi connectivity index (χ0) is 22.4. The molecule has 0 aromatic carbocycles. The molecule has 3 rings (SSSR count). The molecule has 0 amide bonds. The Morgan fingerprint density at radius 2 is 1.62 bits per heavy atom. The van der Waals surface area contributed by atoms with Crippen LogP contribution in [0.3, 0.4) is 0 Å². The smallest absolute Gasteiger partial charge is 0.144 e. The Hall–Kier alpha value is -2.49. The van der Waals surface area contributed by atoms with Crippen molar-refractivity contribution in [3.8, 4) is 17.1 Å². The molecule has 4 nitrogen and oxygen atoms in total. The van der Waals surface area contributed by atoms with Crippen molar-refractivity contribution in [2.45, 2.75) is 90.9 Å². The Morgan fingerprint density at radius 3 is 2.34 bits per heavy atom. The molecule has 0 unspecified atom stereocenters. The lowest BCUT2D eigenvalue weighted by Crippen LogP contribution is -1.96. The Balaban J connectivity index is 1.50. The van der Waals surface area contributed by atoms with E-state index in [4.69, 9.17) is 9.73 Å². The lowest BCUT2D eigenvalue weighted by molar-refractivity contribution is 0.309. The highest BCUT2D eigenvalue weighted by Crippen LogP contribution is 2.29. The van der Waals surface area contributed by atoms with Crippen LogP contribution in [0, 0.1) is 0 Å². The molecule has 2 aromatic rings. The summed E-state index contributed by atoms with van der Waals surface area (Å²) in [6, 6.07) is 6.16. The number of hydrogen-bond donors (Lipinski definition) is 2. The van der Waals surface area contributed by atoms with E-state index in [1.165, 1.54) is 63.5 Å². The minimum absolute atomic E-state index is 0.734. The van der Waals surface area contributed by atoms with Crippen LogP contribution >= 0.6 is 0 Å². The van der Waals surface area contributed by atoms with Gasteiger partial charge in [0.05, 0.1) is 29.4 Å². The summed E-state index contributed by atoms with van der Waals surface area (Å²) in [5, 5.41) is 0. The van der Waals surface area contributed by atoms with Crippen LogP contribution in [0.2, 0.25) is 0 Å². The molecular weight excluding hydrogens is 394 g/mol. The van der Waals surface area contributed by atoms with Crippen molar-refractivity contribution < 1.29 is 4.74 Å². The second kappa shape index (κ2) is 13.8. The summed E-state index contributed by atoms with van der Waals surface area (Å²) in [6.07, 6.45) is 23.8. The molecule has 1 aliphatic heterocycles. The van der Waals surface area contributed by atoms with Crippen LogP contribution in [0.4, 0.5) is 0 Å². The second-order valence-electron chi connectivity index (χ2n) is 8.83. The van der Waals surface area contributed by atoms with Gasteiger partial charge in [-0.3, -0.25) is 4.99 Å². The number of rotatable bonds is 16.